The van der Waals surface area contributed by atoms with Crippen molar-refractivity contribution < 1.29 is 13.2 Å². The summed E-state index contributed by atoms with van der Waals surface area (Å²) in [5.41, 5.74) is 3.11. The van der Waals surface area contributed by atoms with Crippen LogP contribution in [-0.2, 0) is 0 Å². The zero-order valence-corrected chi connectivity index (χ0v) is 11.6. The minimum absolute atomic E-state index is 0.0458. The van der Waals surface area contributed by atoms with Gasteiger partial charge in [-0.2, -0.15) is 0 Å². The lowest BCUT2D eigenvalue weighted by Crippen LogP contribution is -2.09. The molecule has 0 aliphatic rings. The highest BCUT2D eigenvalue weighted by Gasteiger charge is 2.15. The average molecular weight is 279 g/mol. The van der Waals surface area contributed by atoms with Gasteiger partial charge in [0, 0.05) is 6.04 Å². The first-order chi connectivity index (χ1) is 9.38. The molecule has 1 N–H and O–H groups in total. The Morgan fingerprint density at radius 3 is 2.10 bits per heavy atom. The molecular weight excluding hydrogens is 263 g/mol. The lowest BCUT2D eigenvalue weighted by atomic mass is 10.0. The molecule has 0 spiro atoms. The quantitative estimate of drug-likeness (QED) is 0.788. The van der Waals surface area contributed by atoms with E-state index < -0.39 is 17.5 Å². The first kappa shape index (κ1) is 14.4. The molecule has 1 nitrogen and oxygen atoms in total. The van der Waals surface area contributed by atoms with Gasteiger partial charge in [0.25, 0.3) is 0 Å². The Bertz CT molecular complexity index is 618. The van der Waals surface area contributed by atoms with E-state index in [-0.39, 0.29) is 11.7 Å². The van der Waals surface area contributed by atoms with Gasteiger partial charge in [-0.15, -0.1) is 0 Å². The molecule has 0 saturated heterocycles. The van der Waals surface area contributed by atoms with Crippen LogP contribution in [0.2, 0.25) is 0 Å². The fraction of sp³-hybridized carbons (Fsp3) is 0.250. The number of hydrogen-bond acceptors (Lipinski definition) is 1. The Balaban J connectivity index is 2.28. The van der Waals surface area contributed by atoms with Crippen molar-refractivity contribution in [2.75, 3.05) is 5.32 Å². The second-order valence-electron chi connectivity index (χ2n) is 5.01. The van der Waals surface area contributed by atoms with Crippen LogP contribution in [0.5, 0.6) is 0 Å². The third-order valence-corrected chi connectivity index (χ3v) is 3.15. The van der Waals surface area contributed by atoms with Gasteiger partial charge in [-0.25, -0.2) is 13.2 Å². The lowest BCUT2D eigenvalue weighted by molar-refractivity contribution is 0.448. The molecule has 0 fully saturated rings. The van der Waals surface area contributed by atoms with Gasteiger partial charge in [-0.05, 0) is 38.5 Å². The first-order valence-electron chi connectivity index (χ1n) is 6.36. The third kappa shape index (κ3) is 2.95. The van der Waals surface area contributed by atoms with Crippen LogP contribution in [0.15, 0.2) is 30.3 Å². The van der Waals surface area contributed by atoms with E-state index in [1.165, 1.54) is 6.07 Å². The van der Waals surface area contributed by atoms with Crippen molar-refractivity contribution in [2.24, 2.45) is 0 Å². The molecule has 0 aromatic heterocycles. The highest BCUT2D eigenvalue weighted by molar-refractivity contribution is 5.48. The van der Waals surface area contributed by atoms with Crippen LogP contribution in [-0.4, -0.2) is 0 Å². The summed E-state index contributed by atoms with van der Waals surface area (Å²) in [4.78, 5) is 0. The standard InChI is InChI=1S/C16H16F3N/c1-9-6-10(2)8-12(7-9)11(3)20-14-5-4-13(17)15(18)16(14)19/h4-8,11,20H,1-3H3. The number of hydrogen-bond donors (Lipinski definition) is 1. The van der Waals surface area contributed by atoms with Crippen LogP contribution < -0.4 is 5.32 Å². The lowest BCUT2D eigenvalue weighted by Gasteiger charge is -2.17. The number of benzene rings is 2. The van der Waals surface area contributed by atoms with Crippen molar-refractivity contribution in [2.45, 2.75) is 26.8 Å². The maximum atomic E-state index is 13.6. The molecule has 2 aromatic carbocycles. The summed E-state index contributed by atoms with van der Waals surface area (Å²) in [5, 5.41) is 2.87. The van der Waals surface area contributed by atoms with Crippen molar-refractivity contribution in [3.63, 3.8) is 0 Å². The maximum absolute atomic E-state index is 13.6. The molecule has 20 heavy (non-hydrogen) atoms. The molecule has 0 aliphatic carbocycles. The molecular formula is C16H16F3N. The predicted molar refractivity (Wildman–Crippen MR) is 74.3 cm³/mol. The predicted octanol–water partition coefficient (Wildman–Crippen LogP) is 4.89. The number of halogens is 3. The normalized spacial score (nSPS) is 12.3. The molecule has 0 saturated carbocycles. The van der Waals surface area contributed by atoms with Crippen LogP contribution in [0.3, 0.4) is 0 Å². The minimum Gasteiger partial charge on any atom is -0.376 e. The molecule has 0 radical (unpaired) electrons. The van der Waals surface area contributed by atoms with Gasteiger partial charge in [-0.1, -0.05) is 29.3 Å². The van der Waals surface area contributed by atoms with Crippen molar-refractivity contribution in [1.29, 1.82) is 0 Å². The molecule has 1 atom stereocenters. The highest BCUT2D eigenvalue weighted by atomic mass is 19.2. The molecule has 2 rings (SSSR count). The Kier molecular flexibility index (Phi) is 4.02. The van der Waals surface area contributed by atoms with Crippen molar-refractivity contribution in [3.05, 3.63) is 64.5 Å². The molecule has 2 aromatic rings. The second kappa shape index (κ2) is 5.57. The number of nitrogens with one attached hydrogen (secondary N) is 1. The van der Waals surface area contributed by atoms with E-state index >= 15 is 0 Å². The van der Waals surface area contributed by atoms with E-state index in [4.69, 9.17) is 0 Å². The largest absolute Gasteiger partial charge is 0.376 e. The SMILES string of the molecule is Cc1cc(C)cc(C(C)Nc2ccc(F)c(F)c2F)c1. The third-order valence-electron chi connectivity index (χ3n) is 3.15. The Morgan fingerprint density at radius 1 is 0.900 bits per heavy atom. The van der Waals surface area contributed by atoms with Crippen molar-refractivity contribution in [1.82, 2.24) is 0 Å². The topological polar surface area (TPSA) is 12.0 Å². The molecule has 4 heteroatoms. The number of rotatable bonds is 3. The Hall–Kier alpha value is -1.97. The van der Waals surface area contributed by atoms with E-state index in [0.717, 1.165) is 22.8 Å². The minimum atomic E-state index is -1.46. The summed E-state index contributed by atoms with van der Waals surface area (Å²) in [7, 11) is 0. The molecule has 0 heterocycles. The fourth-order valence-corrected chi connectivity index (χ4v) is 2.21. The zero-order chi connectivity index (χ0) is 14.9. The number of anilines is 1. The van der Waals surface area contributed by atoms with Crippen molar-refractivity contribution in [3.8, 4) is 0 Å². The first-order valence-corrected chi connectivity index (χ1v) is 6.36. The van der Waals surface area contributed by atoms with Gasteiger partial charge in [0.1, 0.15) is 0 Å². The van der Waals surface area contributed by atoms with Crippen LogP contribution in [0.1, 0.15) is 29.7 Å². The Labute approximate surface area is 116 Å². The second-order valence-corrected chi connectivity index (χ2v) is 5.01. The highest BCUT2D eigenvalue weighted by Crippen LogP contribution is 2.25. The van der Waals surface area contributed by atoms with Gasteiger partial charge in [0.15, 0.2) is 17.5 Å². The maximum Gasteiger partial charge on any atom is 0.196 e. The van der Waals surface area contributed by atoms with Gasteiger partial charge in [0.2, 0.25) is 0 Å². The summed E-state index contributed by atoms with van der Waals surface area (Å²) in [6.45, 7) is 5.79. The molecule has 0 aliphatic heterocycles. The van der Waals surface area contributed by atoms with Gasteiger partial charge in [-0.3, -0.25) is 0 Å². The monoisotopic (exact) mass is 279 g/mol. The molecule has 1 unspecified atom stereocenters. The average Bonchev–Trinajstić information content (AvgIpc) is 2.38. The van der Waals surface area contributed by atoms with E-state index in [1.54, 1.807) is 0 Å². The van der Waals surface area contributed by atoms with E-state index in [2.05, 4.69) is 5.32 Å². The summed E-state index contributed by atoms with van der Waals surface area (Å²) < 4.78 is 39.7. The van der Waals surface area contributed by atoms with Crippen LogP contribution in [0.25, 0.3) is 0 Å². The van der Waals surface area contributed by atoms with Gasteiger partial charge in [0.05, 0.1) is 5.69 Å². The van der Waals surface area contributed by atoms with Crippen molar-refractivity contribution >= 4 is 5.69 Å². The van der Waals surface area contributed by atoms with Crippen LogP contribution in [0, 0.1) is 31.3 Å². The molecule has 106 valence electrons. The van der Waals surface area contributed by atoms with Crippen LogP contribution >= 0.6 is 0 Å². The number of aryl methyl sites for hydroxylation is 2. The summed E-state index contributed by atoms with van der Waals surface area (Å²) >= 11 is 0. The van der Waals surface area contributed by atoms with Gasteiger partial charge < -0.3 is 5.32 Å². The molecule has 0 amide bonds. The fourth-order valence-electron chi connectivity index (χ4n) is 2.21. The molecule has 0 bridgehead atoms. The van der Waals surface area contributed by atoms with E-state index in [0.29, 0.717) is 0 Å². The Morgan fingerprint density at radius 2 is 1.50 bits per heavy atom. The summed E-state index contributed by atoms with van der Waals surface area (Å²) in [6, 6.07) is 7.88. The van der Waals surface area contributed by atoms with Gasteiger partial charge >= 0.3 is 0 Å². The zero-order valence-electron chi connectivity index (χ0n) is 11.6. The van der Waals surface area contributed by atoms with E-state index in [1.807, 2.05) is 39.0 Å². The smallest absolute Gasteiger partial charge is 0.196 e. The van der Waals surface area contributed by atoms with Crippen LogP contribution in [0.4, 0.5) is 18.9 Å². The van der Waals surface area contributed by atoms with E-state index in [9.17, 15) is 13.2 Å². The summed E-state index contributed by atoms with van der Waals surface area (Å²) in [6.07, 6.45) is 0. The summed E-state index contributed by atoms with van der Waals surface area (Å²) in [5.74, 6) is -3.84.